The minimum atomic E-state index is -0.0313. The molecule has 1 aromatic carbocycles. The second-order valence-corrected chi connectivity index (χ2v) is 8.17. The van der Waals surface area contributed by atoms with Crippen LogP contribution in [0.2, 0.25) is 5.02 Å². The van der Waals surface area contributed by atoms with E-state index in [1.807, 2.05) is 41.3 Å². The van der Waals surface area contributed by atoms with Crippen LogP contribution in [0.3, 0.4) is 0 Å². The van der Waals surface area contributed by atoms with Crippen molar-refractivity contribution in [2.45, 2.75) is 18.9 Å². The number of piperidine rings is 1. The maximum atomic E-state index is 12.7. The summed E-state index contributed by atoms with van der Waals surface area (Å²) >= 11 is 6.41. The Hall–Kier alpha value is -3.39. The predicted octanol–water partition coefficient (Wildman–Crippen LogP) is 2.96. The Morgan fingerprint density at radius 3 is 2.66 bits per heavy atom. The summed E-state index contributed by atoms with van der Waals surface area (Å²) in [6.07, 6.45) is 4.85. The summed E-state index contributed by atoms with van der Waals surface area (Å²) in [6, 6.07) is 15.1. The van der Waals surface area contributed by atoms with E-state index in [0.717, 1.165) is 29.9 Å². The van der Waals surface area contributed by atoms with Gasteiger partial charge in [0.2, 0.25) is 0 Å². The van der Waals surface area contributed by atoms with Crippen molar-refractivity contribution in [3.63, 3.8) is 0 Å². The maximum Gasteiger partial charge on any atom is 0.272 e. The second-order valence-electron chi connectivity index (χ2n) is 7.77. The SMILES string of the molecule is [B]c1cnn2c(NC3CCN(C(=O)c4ccccn4)CC3)cc(-c3ccccc3Cl)nc12. The molecule has 4 heterocycles. The Balaban J connectivity index is 1.37. The number of aromatic nitrogens is 4. The van der Waals surface area contributed by atoms with Crippen LogP contribution in [-0.2, 0) is 0 Å². The number of carbonyl (C=O) groups excluding carboxylic acids is 1. The smallest absolute Gasteiger partial charge is 0.272 e. The molecule has 5 rings (SSSR count). The number of fused-ring (bicyclic) bond motifs is 1. The number of amides is 1. The molecule has 7 nitrogen and oxygen atoms in total. The van der Waals surface area contributed by atoms with Gasteiger partial charge in [-0.15, -0.1) is 0 Å². The van der Waals surface area contributed by atoms with Crippen LogP contribution in [0.1, 0.15) is 23.3 Å². The molecule has 0 saturated carbocycles. The van der Waals surface area contributed by atoms with Gasteiger partial charge in [0.05, 0.1) is 5.69 Å². The third-order valence-corrected chi connectivity index (χ3v) is 6.00. The van der Waals surface area contributed by atoms with Gasteiger partial charge in [-0.05, 0) is 36.5 Å². The van der Waals surface area contributed by atoms with Gasteiger partial charge < -0.3 is 10.2 Å². The summed E-state index contributed by atoms with van der Waals surface area (Å²) in [7, 11) is 6.11. The third kappa shape index (κ3) is 3.94. The van der Waals surface area contributed by atoms with E-state index in [-0.39, 0.29) is 11.9 Å². The molecule has 2 radical (unpaired) electrons. The van der Waals surface area contributed by atoms with Gasteiger partial charge in [0.15, 0.2) is 5.65 Å². The highest BCUT2D eigenvalue weighted by atomic mass is 35.5. The zero-order chi connectivity index (χ0) is 22.1. The van der Waals surface area contributed by atoms with E-state index < -0.39 is 0 Å². The molecule has 1 fully saturated rings. The molecule has 0 bridgehead atoms. The number of hydrogen-bond acceptors (Lipinski definition) is 5. The molecule has 0 aliphatic carbocycles. The lowest BCUT2D eigenvalue weighted by Gasteiger charge is -2.32. The van der Waals surface area contributed by atoms with E-state index in [2.05, 4.69) is 20.4 Å². The lowest BCUT2D eigenvalue weighted by atomic mass is 10.0. The number of likely N-dealkylation sites (tertiary alicyclic amines) is 1. The first-order chi connectivity index (χ1) is 15.6. The largest absolute Gasteiger partial charge is 0.367 e. The quantitative estimate of drug-likeness (QED) is 0.492. The Morgan fingerprint density at radius 1 is 1.12 bits per heavy atom. The van der Waals surface area contributed by atoms with E-state index in [0.29, 0.717) is 34.9 Å². The standard InChI is InChI=1S/C23H20BClN6O/c24-17-14-27-31-21(13-20(29-22(17)31)16-5-1-2-6-18(16)25)28-15-8-11-30(12-9-15)23(32)19-7-3-4-10-26-19/h1-7,10,13-15,28H,8-9,11-12H2. The van der Waals surface area contributed by atoms with Crippen molar-refractivity contribution in [3.05, 3.63) is 71.6 Å². The van der Waals surface area contributed by atoms with Crippen LogP contribution >= 0.6 is 11.6 Å². The molecule has 0 atom stereocenters. The summed E-state index contributed by atoms with van der Waals surface area (Å²) in [5.41, 5.74) is 3.10. The molecule has 0 spiro atoms. The van der Waals surface area contributed by atoms with Crippen LogP contribution in [0.15, 0.2) is 60.9 Å². The minimum Gasteiger partial charge on any atom is -0.367 e. The number of rotatable bonds is 4. The molecular weight excluding hydrogens is 423 g/mol. The molecule has 1 N–H and O–H groups in total. The van der Waals surface area contributed by atoms with Gasteiger partial charge >= 0.3 is 0 Å². The highest BCUT2D eigenvalue weighted by molar-refractivity contribution is 6.36. The Morgan fingerprint density at radius 2 is 1.91 bits per heavy atom. The molecule has 1 aliphatic rings. The average molecular weight is 443 g/mol. The average Bonchev–Trinajstić information content (AvgIpc) is 3.21. The fourth-order valence-corrected chi connectivity index (χ4v) is 4.21. The van der Waals surface area contributed by atoms with Crippen molar-refractivity contribution in [1.29, 1.82) is 0 Å². The van der Waals surface area contributed by atoms with Crippen LogP contribution < -0.4 is 10.8 Å². The molecule has 9 heteroatoms. The number of pyridine rings is 1. The summed E-state index contributed by atoms with van der Waals surface area (Å²) < 4.78 is 1.71. The normalized spacial score (nSPS) is 14.6. The molecule has 1 amide bonds. The molecule has 3 aromatic heterocycles. The maximum absolute atomic E-state index is 12.7. The Kier molecular flexibility index (Phi) is 5.53. The number of nitrogens with one attached hydrogen (secondary N) is 1. The van der Waals surface area contributed by atoms with Crippen molar-refractivity contribution < 1.29 is 4.79 Å². The predicted molar refractivity (Wildman–Crippen MR) is 126 cm³/mol. The first-order valence-corrected chi connectivity index (χ1v) is 10.8. The first-order valence-electron chi connectivity index (χ1n) is 10.5. The fraction of sp³-hybridized carbons (Fsp3) is 0.217. The highest BCUT2D eigenvalue weighted by Gasteiger charge is 2.25. The fourth-order valence-electron chi connectivity index (χ4n) is 3.98. The molecule has 4 aromatic rings. The van der Waals surface area contributed by atoms with Gasteiger partial charge in [0.25, 0.3) is 5.91 Å². The molecule has 158 valence electrons. The van der Waals surface area contributed by atoms with Gasteiger partial charge in [-0.1, -0.05) is 35.9 Å². The number of anilines is 1. The van der Waals surface area contributed by atoms with Crippen molar-refractivity contribution in [1.82, 2.24) is 24.5 Å². The molecular formula is C23H20BClN6O. The topological polar surface area (TPSA) is 75.4 Å². The lowest BCUT2D eigenvalue weighted by molar-refractivity contribution is 0.0712. The number of carbonyl (C=O) groups is 1. The summed E-state index contributed by atoms with van der Waals surface area (Å²) in [5, 5.41) is 8.58. The Labute approximate surface area is 191 Å². The van der Waals surface area contributed by atoms with Gasteiger partial charge in [-0.3, -0.25) is 9.78 Å². The third-order valence-electron chi connectivity index (χ3n) is 5.67. The highest BCUT2D eigenvalue weighted by Crippen LogP contribution is 2.29. The number of nitrogens with zero attached hydrogens (tertiary/aromatic N) is 5. The van der Waals surface area contributed by atoms with Crippen molar-refractivity contribution in [3.8, 4) is 11.3 Å². The number of halogens is 1. The number of hydrogen-bond donors (Lipinski definition) is 1. The second kappa shape index (κ2) is 8.63. The van der Waals surface area contributed by atoms with E-state index in [1.54, 1.807) is 29.0 Å². The number of benzene rings is 1. The first kappa shape index (κ1) is 20.5. The zero-order valence-electron chi connectivity index (χ0n) is 17.3. The summed E-state index contributed by atoms with van der Waals surface area (Å²) in [4.78, 5) is 23.4. The lowest BCUT2D eigenvalue weighted by Crippen LogP contribution is -2.42. The zero-order valence-corrected chi connectivity index (χ0v) is 18.0. The van der Waals surface area contributed by atoms with Gasteiger partial charge in [-0.2, -0.15) is 9.61 Å². The summed E-state index contributed by atoms with van der Waals surface area (Å²) in [5.74, 6) is 0.757. The van der Waals surface area contributed by atoms with E-state index in [4.69, 9.17) is 19.4 Å². The molecule has 0 unspecified atom stereocenters. The van der Waals surface area contributed by atoms with E-state index in [9.17, 15) is 4.79 Å². The van der Waals surface area contributed by atoms with Gasteiger partial charge in [-0.25, -0.2) is 4.98 Å². The molecule has 1 saturated heterocycles. The van der Waals surface area contributed by atoms with Crippen molar-refractivity contribution in [2.75, 3.05) is 18.4 Å². The van der Waals surface area contributed by atoms with Crippen LogP contribution in [0, 0.1) is 0 Å². The van der Waals surface area contributed by atoms with Crippen LogP contribution in [0.5, 0.6) is 0 Å². The molecule has 32 heavy (non-hydrogen) atoms. The van der Waals surface area contributed by atoms with E-state index >= 15 is 0 Å². The van der Waals surface area contributed by atoms with Crippen molar-refractivity contribution in [2.24, 2.45) is 0 Å². The van der Waals surface area contributed by atoms with Gasteiger partial charge in [0.1, 0.15) is 19.4 Å². The monoisotopic (exact) mass is 442 g/mol. The van der Waals surface area contributed by atoms with Crippen molar-refractivity contribution >= 4 is 42.3 Å². The van der Waals surface area contributed by atoms with Crippen LogP contribution in [0.25, 0.3) is 16.9 Å². The summed E-state index contributed by atoms with van der Waals surface area (Å²) in [6.45, 7) is 1.31. The Bertz CT molecular complexity index is 1270. The molecule has 1 aliphatic heterocycles. The van der Waals surface area contributed by atoms with Crippen LogP contribution in [0.4, 0.5) is 5.82 Å². The van der Waals surface area contributed by atoms with Crippen LogP contribution in [-0.4, -0.2) is 57.4 Å². The minimum absolute atomic E-state index is 0.0313. The van der Waals surface area contributed by atoms with E-state index in [1.165, 1.54) is 0 Å². The van der Waals surface area contributed by atoms with Gasteiger partial charge in [0, 0.05) is 48.2 Å².